The summed E-state index contributed by atoms with van der Waals surface area (Å²) in [4.78, 5) is 0. The molecule has 4 N–H and O–H groups in total. The van der Waals surface area contributed by atoms with E-state index in [-0.39, 0.29) is 12.6 Å². The second-order valence-corrected chi connectivity index (χ2v) is 3.01. The van der Waals surface area contributed by atoms with Crippen molar-refractivity contribution < 1.29 is 14.9 Å². The number of hydrogen-bond acceptors (Lipinski definition) is 4. The van der Waals surface area contributed by atoms with Crippen molar-refractivity contribution in [3.8, 4) is 0 Å². The summed E-state index contributed by atoms with van der Waals surface area (Å²) in [6.45, 7) is 2.11. The van der Waals surface area contributed by atoms with Crippen LogP contribution < -0.4 is 5.73 Å². The highest BCUT2D eigenvalue weighted by Gasteiger charge is 2.33. The smallest absolute Gasteiger partial charge is 0.107 e. The first-order chi connectivity index (χ1) is 5.15. The number of aliphatic hydroxyl groups excluding tert-OH is 2. The van der Waals surface area contributed by atoms with Gasteiger partial charge in [0, 0.05) is 13.0 Å². The zero-order valence-electron chi connectivity index (χ0n) is 6.60. The lowest BCUT2D eigenvalue weighted by Crippen LogP contribution is -2.50. The van der Waals surface area contributed by atoms with E-state index >= 15 is 0 Å². The Labute approximate surface area is 66.0 Å². The molecule has 0 unspecified atom stereocenters. The van der Waals surface area contributed by atoms with Gasteiger partial charge in [-0.05, 0) is 6.92 Å². The number of hydrogen-bond donors (Lipinski definition) is 3. The normalized spacial score (nSPS) is 45.8. The van der Waals surface area contributed by atoms with Gasteiger partial charge in [0.2, 0.25) is 0 Å². The Hall–Kier alpha value is -0.160. The van der Waals surface area contributed by atoms with Crippen LogP contribution in [0.5, 0.6) is 0 Å². The van der Waals surface area contributed by atoms with E-state index in [1.165, 1.54) is 0 Å². The van der Waals surface area contributed by atoms with Crippen molar-refractivity contribution in [2.24, 2.45) is 5.73 Å². The van der Waals surface area contributed by atoms with Gasteiger partial charge in [0.15, 0.2) is 0 Å². The average Bonchev–Trinajstić information content (AvgIpc) is 1.96. The second kappa shape index (κ2) is 3.49. The largest absolute Gasteiger partial charge is 0.390 e. The zero-order valence-corrected chi connectivity index (χ0v) is 6.60. The van der Waals surface area contributed by atoms with Gasteiger partial charge >= 0.3 is 0 Å². The molecule has 1 heterocycles. The van der Waals surface area contributed by atoms with Crippen LogP contribution in [0.15, 0.2) is 0 Å². The molecule has 1 saturated heterocycles. The molecule has 0 aromatic carbocycles. The van der Waals surface area contributed by atoms with Crippen LogP contribution in [0.3, 0.4) is 0 Å². The minimum atomic E-state index is -0.823. The first-order valence-corrected chi connectivity index (χ1v) is 3.86. The number of nitrogens with two attached hydrogens (primary N) is 1. The van der Waals surface area contributed by atoms with Crippen LogP contribution in [0, 0.1) is 0 Å². The fourth-order valence-corrected chi connectivity index (χ4v) is 1.36. The van der Waals surface area contributed by atoms with E-state index < -0.39 is 18.3 Å². The van der Waals surface area contributed by atoms with Crippen molar-refractivity contribution in [1.82, 2.24) is 0 Å². The van der Waals surface area contributed by atoms with Crippen LogP contribution in [0.25, 0.3) is 0 Å². The van der Waals surface area contributed by atoms with E-state index in [9.17, 15) is 10.2 Å². The summed E-state index contributed by atoms with van der Waals surface area (Å²) < 4.78 is 5.28. The second-order valence-electron chi connectivity index (χ2n) is 3.01. The Morgan fingerprint density at radius 2 is 2.18 bits per heavy atom. The maximum absolute atomic E-state index is 9.30. The van der Waals surface area contributed by atoms with Crippen LogP contribution >= 0.6 is 0 Å². The van der Waals surface area contributed by atoms with Gasteiger partial charge in [0.05, 0.1) is 18.3 Å². The molecule has 0 aromatic rings. The van der Waals surface area contributed by atoms with E-state index in [2.05, 4.69) is 0 Å². The molecule has 1 rings (SSSR count). The van der Waals surface area contributed by atoms with E-state index in [1.54, 1.807) is 0 Å². The lowest BCUT2D eigenvalue weighted by atomic mass is 9.99. The third-order valence-electron chi connectivity index (χ3n) is 1.99. The van der Waals surface area contributed by atoms with Crippen LogP contribution in [-0.4, -0.2) is 41.2 Å². The molecule has 4 atom stereocenters. The zero-order chi connectivity index (χ0) is 8.43. The predicted octanol–water partition coefficient (Wildman–Crippen LogP) is -1.16. The molecule has 0 radical (unpaired) electrons. The molecule has 0 spiro atoms. The summed E-state index contributed by atoms with van der Waals surface area (Å²) in [5, 5.41) is 18.6. The van der Waals surface area contributed by atoms with Gasteiger partial charge in [-0.1, -0.05) is 0 Å². The first-order valence-electron chi connectivity index (χ1n) is 3.86. The van der Waals surface area contributed by atoms with Gasteiger partial charge in [0.25, 0.3) is 0 Å². The standard InChI is InChI=1S/C7H15NO3/c1-4-2-5(9)7(10)6(3-8)11-4/h4-7,9-10H,2-3,8H2,1H3/t4-,5-,6+,7+/m1/s1. The molecular formula is C7H15NO3. The van der Waals surface area contributed by atoms with Crippen molar-refractivity contribution in [2.45, 2.75) is 37.8 Å². The number of ether oxygens (including phenoxy) is 1. The summed E-state index contributed by atoms with van der Waals surface area (Å²) in [6.07, 6.45) is -1.45. The van der Waals surface area contributed by atoms with Crippen LogP contribution in [-0.2, 0) is 4.74 Å². The highest BCUT2D eigenvalue weighted by Crippen LogP contribution is 2.18. The SMILES string of the molecule is C[C@@H]1C[C@@H](O)[C@H](O)[C@H](CN)O1. The fraction of sp³-hybridized carbons (Fsp3) is 1.00. The van der Waals surface area contributed by atoms with Crippen molar-refractivity contribution in [3.05, 3.63) is 0 Å². The maximum atomic E-state index is 9.30. The molecule has 1 aliphatic rings. The van der Waals surface area contributed by atoms with Gasteiger partial charge in [-0.2, -0.15) is 0 Å². The van der Waals surface area contributed by atoms with Crippen LogP contribution in [0.4, 0.5) is 0 Å². The number of rotatable bonds is 1. The summed E-state index contributed by atoms with van der Waals surface area (Å²) >= 11 is 0. The molecule has 4 nitrogen and oxygen atoms in total. The van der Waals surface area contributed by atoms with Gasteiger partial charge in [-0.3, -0.25) is 0 Å². The van der Waals surface area contributed by atoms with E-state index in [4.69, 9.17) is 10.5 Å². The minimum Gasteiger partial charge on any atom is -0.390 e. The summed E-state index contributed by atoms with van der Waals surface area (Å²) in [5.74, 6) is 0. The van der Waals surface area contributed by atoms with Gasteiger partial charge in [0.1, 0.15) is 6.10 Å². The molecule has 1 fully saturated rings. The molecular weight excluding hydrogens is 146 g/mol. The van der Waals surface area contributed by atoms with Gasteiger partial charge in [-0.15, -0.1) is 0 Å². The third kappa shape index (κ3) is 1.90. The summed E-state index contributed by atoms with van der Waals surface area (Å²) in [5.41, 5.74) is 5.32. The highest BCUT2D eigenvalue weighted by molar-refractivity contribution is 4.84. The summed E-state index contributed by atoms with van der Waals surface area (Å²) in [6, 6.07) is 0. The predicted molar refractivity (Wildman–Crippen MR) is 40.0 cm³/mol. The maximum Gasteiger partial charge on any atom is 0.107 e. The van der Waals surface area contributed by atoms with Crippen LogP contribution in [0.2, 0.25) is 0 Å². The lowest BCUT2D eigenvalue weighted by Gasteiger charge is -2.35. The molecule has 4 heteroatoms. The monoisotopic (exact) mass is 161 g/mol. The highest BCUT2D eigenvalue weighted by atomic mass is 16.5. The van der Waals surface area contributed by atoms with E-state index in [0.717, 1.165) is 0 Å². The Balaban J connectivity index is 2.51. The van der Waals surface area contributed by atoms with Crippen molar-refractivity contribution in [2.75, 3.05) is 6.54 Å². The fourth-order valence-electron chi connectivity index (χ4n) is 1.36. The van der Waals surface area contributed by atoms with E-state index in [0.29, 0.717) is 6.42 Å². The Morgan fingerprint density at radius 3 is 2.73 bits per heavy atom. The van der Waals surface area contributed by atoms with Gasteiger partial charge in [-0.25, -0.2) is 0 Å². The van der Waals surface area contributed by atoms with Crippen molar-refractivity contribution >= 4 is 0 Å². The Morgan fingerprint density at radius 1 is 1.55 bits per heavy atom. The summed E-state index contributed by atoms with van der Waals surface area (Å²) in [7, 11) is 0. The third-order valence-corrected chi connectivity index (χ3v) is 1.99. The first kappa shape index (κ1) is 8.93. The molecule has 0 aromatic heterocycles. The average molecular weight is 161 g/mol. The van der Waals surface area contributed by atoms with Crippen molar-refractivity contribution in [1.29, 1.82) is 0 Å². The Bertz CT molecular complexity index is 131. The Kier molecular flexibility index (Phi) is 2.84. The quantitative estimate of drug-likeness (QED) is 0.453. The molecule has 11 heavy (non-hydrogen) atoms. The van der Waals surface area contributed by atoms with Crippen LogP contribution in [0.1, 0.15) is 13.3 Å². The minimum absolute atomic E-state index is 0.0121. The molecule has 0 amide bonds. The topological polar surface area (TPSA) is 75.7 Å². The van der Waals surface area contributed by atoms with Crippen molar-refractivity contribution in [3.63, 3.8) is 0 Å². The van der Waals surface area contributed by atoms with E-state index in [1.807, 2.05) is 6.92 Å². The molecule has 1 aliphatic heterocycles. The molecule has 0 saturated carbocycles. The number of aliphatic hydroxyl groups is 2. The molecule has 0 bridgehead atoms. The molecule has 0 aliphatic carbocycles. The van der Waals surface area contributed by atoms with Gasteiger partial charge < -0.3 is 20.7 Å². The lowest BCUT2D eigenvalue weighted by molar-refractivity contribution is -0.159. The molecule has 66 valence electrons.